The Balaban J connectivity index is 1.17. The molecule has 3 heterocycles. The van der Waals surface area contributed by atoms with E-state index in [1.54, 1.807) is 34.6 Å². The molecule has 13 heteroatoms. The number of nitrogens with one attached hydrogen (secondary N) is 1. The van der Waals surface area contributed by atoms with Crippen LogP contribution in [-0.2, 0) is 29.2 Å². The van der Waals surface area contributed by atoms with E-state index in [9.17, 15) is 24.2 Å². The fourth-order valence-electron chi connectivity index (χ4n) is 6.99. The molecule has 0 bridgehead atoms. The van der Waals surface area contributed by atoms with Crippen LogP contribution in [-0.4, -0.2) is 67.2 Å². The van der Waals surface area contributed by atoms with Gasteiger partial charge in [0.25, 0.3) is 5.91 Å². The lowest BCUT2D eigenvalue weighted by atomic mass is 9.90. The highest BCUT2D eigenvalue weighted by atomic mass is 35.5. The van der Waals surface area contributed by atoms with Crippen molar-refractivity contribution in [2.24, 2.45) is 25.9 Å². The van der Waals surface area contributed by atoms with E-state index in [2.05, 4.69) is 15.4 Å². The van der Waals surface area contributed by atoms with Gasteiger partial charge in [0.05, 0.1) is 36.0 Å². The topological polar surface area (TPSA) is 135 Å². The Kier molecular flexibility index (Phi) is 7.03. The van der Waals surface area contributed by atoms with E-state index in [0.717, 1.165) is 12.8 Å². The molecule has 2 saturated carbocycles. The fraction of sp³-hybridized carbons (Fsp3) is 0.500. The van der Waals surface area contributed by atoms with Crippen molar-refractivity contribution in [3.05, 3.63) is 58.5 Å². The number of anilines is 2. The number of imidazole rings is 1. The maximum Gasteiger partial charge on any atom is 0.328 e. The number of fused-ring (bicyclic) bond motifs is 1. The molecule has 41 heavy (non-hydrogen) atoms. The number of carbonyl (C=O) groups excluding carboxylic acids is 1. The van der Waals surface area contributed by atoms with Crippen LogP contribution in [0.25, 0.3) is 0 Å². The number of aliphatic hydroxyl groups is 1. The molecule has 1 amide bonds. The molecule has 1 saturated heterocycles. The van der Waals surface area contributed by atoms with Crippen LogP contribution < -0.4 is 10.2 Å². The number of morpholine rings is 1. The van der Waals surface area contributed by atoms with E-state index in [1.807, 2.05) is 6.07 Å². The molecule has 2 aliphatic carbocycles. The molecule has 2 aromatic heterocycles. The summed E-state index contributed by atoms with van der Waals surface area (Å²) < 4.78 is 22.3. The quantitative estimate of drug-likeness (QED) is 0.401. The van der Waals surface area contributed by atoms with Crippen molar-refractivity contribution in [2.45, 2.75) is 43.2 Å². The standard InChI is InChI=1S/C28H32ClFN6O5/c1-34-14-31-24(25(34)26(37)32-18-3-4-20(30)19(29)9-18)15-7-16-11-28(40,12-17(16)8-15)22-10-23(33-35(22)2)36-5-6-41-13-21(36)27(38)39/h3-4,9-10,14-17,21,40H,5-8,11-13H2,1-2H3,(H,32,37)(H,38,39). The number of aryl methyl sites for hydroxylation is 2. The Bertz CT molecular complexity index is 1490. The number of aliphatic carboxylic acids is 1. The summed E-state index contributed by atoms with van der Waals surface area (Å²) >= 11 is 5.88. The Morgan fingerprint density at radius 3 is 2.61 bits per heavy atom. The van der Waals surface area contributed by atoms with Gasteiger partial charge in [0.1, 0.15) is 17.1 Å². The molecule has 1 aliphatic heterocycles. The molecule has 3 unspecified atom stereocenters. The van der Waals surface area contributed by atoms with E-state index >= 15 is 0 Å². The van der Waals surface area contributed by atoms with Crippen molar-refractivity contribution < 1.29 is 28.9 Å². The third-order valence-corrected chi connectivity index (χ3v) is 9.13. The average molecular weight is 587 g/mol. The molecule has 6 rings (SSSR count). The van der Waals surface area contributed by atoms with Gasteiger partial charge >= 0.3 is 5.97 Å². The van der Waals surface area contributed by atoms with Crippen molar-refractivity contribution in [3.63, 3.8) is 0 Å². The van der Waals surface area contributed by atoms with Crippen LogP contribution in [0.3, 0.4) is 0 Å². The minimum absolute atomic E-state index is 0.0556. The van der Waals surface area contributed by atoms with Crippen LogP contribution in [0.5, 0.6) is 0 Å². The SMILES string of the molecule is Cn1cnc(C2CC3CC(O)(c4cc(N5CCOCC5C(=O)O)nn4C)CC3C2)c1C(=O)Nc1ccc(F)c(Cl)c1. The van der Waals surface area contributed by atoms with E-state index in [1.165, 1.54) is 18.2 Å². The van der Waals surface area contributed by atoms with Gasteiger partial charge in [-0.25, -0.2) is 14.2 Å². The number of hydrogen-bond donors (Lipinski definition) is 3. The predicted octanol–water partition coefficient (Wildman–Crippen LogP) is 3.28. The molecule has 3 N–H and O–H groups in total. The smallest absolute Gasteiger partial charge is 0.328 e. The minimum atomic E-state index is -1.09. The van der Waals surface area contributed by atoms with E-state index in [0.29, 0.717) is 54.6 Å². The maximum absolute atomic E-state index is 13.6. The second-order valence-electron chi connectivity index (χ2n) is 11.4. The van der Waals surface area contributed by atoms with Crippen LogP contribution in [0.1, 0.15) is 53.5 Å². The molecule has 3 atom stereocenters. The first-order chi connectivity index (χ1) is 19.5. The van der Waals surface area contributed by atoms with Gasteiger partial charge in [-0.1, -0.05) is 11.6 Å². The van der Waals surface area contributed by atoms with Gasteiger partial charge in [-0.3, -0.25) is 9.48 Å². The molecule has 3 aliphatic rings. The number of benzene rings is 1. The monoisotopic (exact) mass is 586 g/mol. The number of amides is 1. The molecule has 0 spiro atoms. The summed E-state index contributed by atoms with van der Waals surface area (Å²) in [7, 11) is 3.54. The van der Waals surface area contributed by atoms with E-state index in [-0.39, 0.29) is 35.3 Å². The molecule has 3 fully saturated rings. The van der Waals surface area contributed by atoms with Crippen LogP contribution in [0.15, 0.2) is 30.6 Å². The first-order valence-corrected chi connectivity index (χ1v) is 14.0. The minimum Gasteiger partial charge on any atom is -0.480 e. The van der Waals surface area contributed by atoms with E-state index in [4.69, 9.17) is 16.3 Å². The lowest BCUT2D eigenvalue weighted by Gasteiger charge is -2.32. The number of carboxylic acid groups (broad SMARTS) is 1. The van der Waals surface area contributed by atoms with Crippen LogP contribution in [0.2, 0.25) is 5.02 Å². The Hall–Kier alpha value is -3.48. The number of rotatable bonds is 6. The van der Waals surface area contributed by atoms with Gasteiger partial charge in [-0.15, -0.1) is 0 Å². The zero-order valence-electron chi connectivity index (χ0n) is 22.8. The average Bonchev–Trinajstić information content (AvgIpc) is 3.68. The van der Waals surface area contributed by atoms with Gasteiger partial charge in [0.2, 0.25) is 0 Å². The second-order valence-corrected chi connectivity index (χ2v) is 11.8. The third-order valence-electron chi connectivity index (χ3n) is 8.84. The highest BCUT2D eigenvalue weighted by Gasteiger charge is 2.52. The zero-order valence-corrected chi connectivity index (χ0v) is 23.5. The van der Waals surface area contributed by atoms with Crippen molar-refractivity contribution in [3.8, 4) is 0 Å². The zero-order chi connectivity index (χ0) is 29.1. The molecule has 11 nitrogen and oxygen atoms in total. The van der Waals surface area contributed by atoms with Gasteiger partial charge in [0, 0.05) is 38.3 Å². The van der Waals surface area contributed by atoms with Gasteiger partial charge in [-0.05, 0) is 55.7 Å². The number of carbonyl (C=O) groups is 2. The second kappa shape index (κ2) is 10.4. The lowest BCUT2D eigenvalue weighted by molar-refractivity contribution is -0.141. The number of nitrogens with zero attached hydrogens (tertiary/aromatic N) is 5. The molecule has 218 valence electrons. The largest absolute Gasteiger partial charge is 0.480 e. The molecule has 1 aromatic carbocycles. The van der Waals surface area contributed by atoms with Gasteiger partial charge in [-0.2, -0.15) is 5.10 Å². The number of ether oxygens (including phenoxy) is 1. The first kappa shape index (κ1) is 27.7. The highest BCUT2D eigenvalue weighted by Crippen LogP contribution is 2.57. The summed E-state index contributed by atoms with van der Waals surface area (Å²) in [5.41, 5.74) is 1.14. The van der Waals surface area contributed by atoms with Crippen molar-refractivity contribution in [2.75, 3.05) is 30.0 Å². The lowest BCUT2D eigenvalue weighted by Crippen LogP contribution is -2.50. The van der Waals surface area contributed by atoms with Crippen molar-refractivity contribution in [1.82, 2.24) is 19.3 Å². The highest BCUT2D eigenvalue weighted by molar-refractivity contribution is 6.31. The summed E-state index contributed by atoms with van der Waals surface area (Å²) in [6.45, 7) is 0.909. The van der Waals surface area contributed by atoms with Gasteiger partial charge < -0.3 is 29.7 Å². The number of aromatic nitrogens is 4. The van der Waals surface area contributed by atoms with Crippen LogP contribution >= 0.6 is 11.6 Å². The molecular formula is C28H32ClFN6O5. The van der Waals surface area contributed by atoms with Gasteiger partial charge in [0.15, 0.2) is 11.9 Å². The summed E-state index contributed by atoms with van der Waals surface area (Å²) in [5, 5.41) is 28.7. The molecule has 3 aromatic rings. The summed E-state index contributed by atoms with van der Waals surface area (Å²) in [6.07, 6.45) is 4.27. The Labute approximate surface area is 240 Å². The Morgan fingerprint density at radius 1 is 1.20 bits per heavy atom. The number of halogens is 2. The molecular weight excluding hydrogens is 555 g/mol. The Morgan fingerprint density at radius 2 is 1.93 bits per heavy atom. The van der Waals surface area contributed by atoms with Crippen LogP contribution in [0.4, 0.5) is 15.9 Å². The fourth-order valence-corrected chi connectivity index (χ4v) is 7.17. The van der Waals surface area contributed by atoms with Crippen molar-refractivity contribution >= 4 is 35.0 Å². The molecule has 0 radical (unpaired) electrons. The third kappa shape index (κ3) is 4.98. The summed E-state index contributed by atoms with van der Waals surface area (Å²) in [5.74, 6) is -0.841. The summed E-state index contributed by atoms with van der Waals surface area (Å²) in [6, 6.07) is 5.02. The number of hydrogen-bond acceptors (Lipinski definition) is 7. The summed E-state index contributed by atoms with van der Waals surface area (Å²) in [4.78, 5) is 31.3. The predicted molar refractivity (Wildman–Crippen MR) is 147 cm³/mol. The normalized spacial score (nSPS) is 27.7. The first-order valence-electron chi connectivity index (χ1n) is 13.7. The van der Waals surface area contributed by atoms with Crippen LogP contribution in [0, 0.1) is 17.7 Å². The number of carboxylic acids is 1. The maximum atomic E-state index is 13.6. The van der Waals surface area contributed by atoms with E-state index < -0.39 is 23.4 Å². The van der Waals surface area contributed by atoms with Crippen molar-refractivity contribution in [1.29, 1.82) is 0 Å².